The molecule has 5 nitrogen and oxygen atoms in total. The summed E-state index contributed by atoms with van der Waals surface area (Å²) in [7, 11) is 1.83. The molecule has 2 amide bonds. The first-order valence-corrected chi connectivity index (χ1v) is 9.61. The summed E-state index contributed by atoms with van der Waals surface area (Å²) in [4.78, 5) is 33.5. The predicted octanol–water partition coefficient (Wildman–Crippen LogP) is 2.70. The van der Waals surface area contributed by atoms with Crippen molar-refractivity contribution in [3.8, 4) is 0 Å². The largest absolute Gasteiger partial charge is 0.345 e. The van der Waals surface area contributed by atoms with Crippen molar-refractivity contribution in [2.75, 3.05) is 18.5 Å². The molecule has 1 fully saturated rings. The van der Waals surface area contributed by atoms with Gasteiger partial charge in [-0.1, -0.05) is 18.2 Å². The first-order valence-electron chi connectivity index (χ1n) is 9.61. The smallest absolute Gasteiger partial charge is 0.231 e. The molecule has 2 aromatic rings. The highest BCUT2D eigenvalue weighted by molar-refractivity contribution is 6.02. The topological polar surface area (TPSA) is 53.5 Å². The first kappa shape index (κ1) is 17.7. The second-order valence-corrected chi connectivity index (χ2v) is 7.70. The summed E-state index contributed by atoms with van der Waals surface area (Å²) in [6.07, 6.45) is 5.89. The number of para-hydroxylation sites is 1. The Morgan fingerprint density at radius 2 is 1.89 bits per heavy atom. The summed E-state index contributed by atoms with van der Waals surface area (Å²) < 4.78 is 0. The molecule has 27 heavy (non-hydrogen) atoms. The number of likely N-dealkylation sites (N-methyl/N-ethyl adjacent to an activating group) is 1. The second kappa shape index (κ2) is 7.14. The Hall–Kier alpha value is -2.69. The monoisotopic (exact) mass is 363 g/mol. The van der Waals surface area contributed by atoms with E-state index in [4.69, 9.17) is 0 Å². The van der Waals surface area contributed by atoms with Crippen LogP contribution in [0, 0.1) is 11.8 Å². The normalized spacial score (nSPS) is 23.0. The minimum absolute atomic E-state index is 0.0857. The number of benzene rings is 1. The van der Waals surface area contributed by atoms with E-state index in [1.54, 1.807) is 17.3 Å². The summed E-state index contributed by atoms with van der Waals surface area (Å²) >= 11 is 0. The number of carbonyl (C=O) groups is 2. The van der Waals surface area contributed by atoms with E-state index in [-0.39, 0.29) is 29.7 Å². The third-order valence-electron chi connectivity index (χ3n) is 5.73. The maximum Gasteiger partial charge on any atom is 0.231 e. The van der Waals surface area contributed by atoms with Crippen LogP contribution in [0.3, 0.4) is 0 Å². The molecule has 1 aromatic carbocycles. The lowest BCUT2D eigenvalue weighted by atomic mass is 10.1. The van der Waals surface area contributed by atoms with Gasteiger partial charge in [0.1, 0.15) is 0 Å². The molecule has 1 aromatic heterocycles. The van der Waals surface area contributed by atoms with E-state index in [9.17, 15) is 9.59 Å². The maximum atomic E-state index is 13.0. The number of anilines is 1. The minimum atomic E-state index is -0.172. The lowest BCUT2D eigenvalue weighted by Crippen LogP contribution is -2.38. The molecule has 2 heterocycles. The Kier molecular flexibility index (Phi) is 4.68. The summed E-state index contributed by atoms with van der Waals surface area (Å²) in [5.74, 6) is -0.148. The van der Waals surface area contributed by atoms with Crippen molar-refractivity contribution in [1.82, 2.24) is 9.88 Å². The van der Waals surface area contributed by atoms with Crippen LogP contribution < -0.4 is 4.90 Å². The number of amides is 2. The number of carbonyl (C=O) groups excluding carboxylic acids is 2. The van der Waals surface area contributed by atoms with Gasteiger partial charge in [-0.05, 0) is 55.5 Å². The molecule has 0 spiro atoms. The Morgan fingerprint density at radius 3 is 2.67 bits per heavy atom. The molecule has 3 unspecified atom stereocenters. The van der Waals surface area contributed by atoms with Crippen molar-refractivity contribution in [2.24, 2.45) is 11.8 Å². The van der Waals surface area contributed by atoms with E-state index in [0.717, 1.165) is 24.1 Å². The van der Waals surface area contributed by atoms with Crippen molar-refractivity contribution in [3.63, 3.8) is 0 Å². The van der Waals surface area contributed by atoms with Crippen LogP contribution in [0.4, 0.5) is 5.69 Å². The maximum absolute atomic E-state index is 13.0. The molecular weight excluding hydrogens is 338 g/mol. The van der Waals surface area contributed by atoms with Crippen molar-refractivity contribution >= 4 is 17.5 Å². The Bertz CT molecular complexity index is 852. The fourth-order valence-corrected chi connectivity index (χ4v) is 4.06. The third-order valence-corrected chi connectivity index (χ3v) is 5.73. The number of fused-ring (bicyclic) bond motifs is 1. The highest BCUT2D eigenvalue weighted by Gasteiger charge is 2.52. The van der Waals surface area contributed by atoms with E-state index in [1.807, 2.05) is 42.3 Å². The van der Waals surface area contributed by atoms with E-state index in [2.05, 4.69) is 18.0 Å². The Balaban J connectivity index is 1.36. The summed E-state index contributed by atoms with van der Waals surface area (Å²) in [5.41, 5.74) is 3.39. The van der Waals surface area contributed by atoms with Gasteiger partial charge in [-0.15, -0.1) is 0 Å². The average Bonchev–Trinajstić information content (AvgIpc) is 3.41. The van der Waals surface area contributed by atoms with E-state index in [1.165, 1.54) is 5.56 Å². The number of hydrogen-bond donors (Lipinski definition) is 0. The molecular formula is C22H25N3O2. The number of nitrogens with zero attached hydrogens (tertiary/aromatic N) is 3. The average molecular weight is 363 g/mol. The molecule has 0 radical (unpaired) electrons. The van der Waals surface area contributed by atoms with Crippen molar-refractivity contribution < 1.29 is 9.59 Å². The van der Waals surface area contributed by atoms with Gasteiger partial charge >= 0.3 is 0 Å². The van der Waals surface area contributed by atoms with Gasteiger partial charge in [-0.2, -0.15) is 0 Å². The zero-order valence-corrected chi connectivity index (χ0v) is 15.8. The van der Waals surface area contributed by atoms with Crippen LogP contribution in [-0.2, 0) is 22.4 Å². The molecule has 4 rings (SSSR count). The van der Waals surface area contributed by atoms with Crippen LogP contribution in [0.5, 0.6) is 0 Å². The van der Waals surface area contributed by atoms with Crippen LogP contribution in [-0.4, -0.2) is 41.3 Å². The Morgan fingerprint density at radius 1 is 1.15 bits per heavy atom. The van der Waals surface area contributed by atoms with Crippen LogP contribution >= 0.6 is 0 Å². The van der Waals surface area contributed by atoms with Crippen LogP contribution in [0.15, 0.2) is 48.8 Å². The van der Waals surface area contributed by atoms with Gasteiger partial charge in [0.2, 0.25) is 11.8 Å². The number of rotatable bonds is 5. The van der Waals surface area contributed by atoms with Gasteiger partial charge in [0, 0.05) is 37.7 Å². The minimum Gasteiger partial charge on any atom is -0.345 e. The van der Waals surface area contributed by atoms with Gasteiger partial charge in [-0.25, -0.2) is 0 Å². The molecule has 5 heteroatoms. The van der Waals surface area contributed by atoms with Gasteiger partial charge in [-0.3, -0.25) is 14.6 Å². The van der Waals surface area contributed by atoms with Crippen molar-refractivity contribution in [2.45, 2.75) is 32.2 Å². The van der Waals surface area contributed by atoms with Gasteiger partial charge in [0.25, 0.3) is 0 Å². The van der Waals surface area contributed by atoms with Crippen LogP contribution in [0.25, 0.3) is 0 Å². The lowest BCUT2D eigenvalue weighted by molar-refractivity contribution is -0.133. The Labute approximate surface area is 160 Å². The quantitative estimate of drug-likeness (QED) is 0.821. The predicted molar refractivity (Wildman–Crippen MR) is 104 cm³/mol. The zero-order chi connectivity index (χ0) is 19.0. The summed E-state index contributed by atoms with van der Waals surface area (Å²) in [6, 6.07) is 12.2. The molecule has 0 bridgehead atoms. The van der Waals surface area contributed by atoms with Gasteiger partial charge in [0.15, 0.2) is 0 Å². The molecule has 0 saturated heterocycles. The van der Waals surface area contributed by atoms with Gasteiger partial charge in [0.05, 0.1) is 11.8 Å². The highest BCUT2D eigenvalue weighted by Crippen LogP contribution is 2.44. The summed E-state index contributed by atoms with van der Waals surface area (Å²) in [5, 5.41) is 0. The molecule has 140 valence electrons. The molecule has 3 atom stereocenters. The first-order chi connectivity index (χ1) is 13.1. The number of aromatic nitrogens is 1. The van der Waals surface area contributed by atoms with Crippen molar-refractivity contribution in [3.05, 3.63) is 59.9 Å². The van der Waals surface area contributed by atoms with Crippen molar-refractivity contribution in [1.29, 1.82) is 0 Å². The number of hydrogen-bond acceptors (Lipinski definition) is 3. The summed E-state index contributed by atoms with van der Waals surface area (Å²) in [6.45, 7) is 2.74. The second-order valence-electron chi connectivity index (χ2n) is 7.70. The molecule has 2 aliphatic rings. The third kappa shape index (κ3) is 3.46. The zero-order valence-electron chi connectivity index (χ0n) is 15.8. The van der Waals surface area contributed by atoms with E-state index < -0.39 is 0 Å². The van der Waals surface area contributed by atoms with Gasteiger partial charge < -0.3 is 9.80 Å². The fourth-order valence-electron chi connectivity index (χ4n) is 4.06. The standard InChI is InChI=1S/C22H25N3O2/c1-15-13-17-5-3-4-6-20(17)25(15)22(27)19-14-18(19)21(26)24(2)12-9-16-7-10-23-11-8-16/h3-8,10-11,15,18-19H,9,12-14H2,1-2H3. The van der Waals surface area contributed by atoms with E-state index in [0.29, 0.717) is 13.0 Å². The molecule has 0 N–H and O–H groups in total. The SMILES string of the molecule is CC1Cc2ccccc2N1C(=O)C1CC1C(=O)N(C)CCc1ccncc1. The number of pyridine rings is 1. The van der Waals surface area contributed by atoms with Crippen LogP contribution in [0.2, 0.25) is 0 Å². The lowest BCUT2D eigenvalue weighted by Gasteiger charge is -2.23. The molecule has 1 aliphatic carbocycles. The van der Waals surface area contributed by atoms with E-state index >= 15 is 0 Å². The van der Waals surface area contributed by atoms with Crippen LogP contribution in [0.1, 0.15) is 24.5 Å². The molecule has 1 aliphatic heterocycles. The fraction of sp³-hybridized carbons (Fsp3) is 0.409. The highest BCUT2D eigenvalue weighted by atomic mass is 16.2. The molecule has 1 saturated carbocycles.